The van der Waals surface area contributed by atoms with E-state index in [0.29, 0.717) is 11.1 Å². The molecule has 1 aliphatic heterocycles. The smallest absolute Gasteiger partial charge is 0.258 e. The minimum absolute atomic E-state index is 0.0563. The van der Waals surface area contributed by atoms with Gasteiger partial charge in [0.2, 0.25) is 0 Å². The first-order chi connectivity index (χ1) is 13.6. The second kappa shape index (κ2) is 7.31. The van der Waals surface area contributed by atoms with Crippen LogP contribution < -0.4 is 9.80 Å². The van der Waals surface area contributed by atoms with E-state index in [4.69, 9.17) is 0 Å². The highest BCUT2D eigenvalue weighted by Gasteiger charge is 2.40. The van der Waals surface area contributed by atoms with Gasteiger partial charge in [-0.05, 0) is 50.2 Å². The Labute approximate surface area is 165 Å². The first-order valence-corrected chi connectivity index (χ1v) is 9.46. The van der Waals surface area contributed by atoms with Crippen LogP contribution in [0.3, 0.4) is 0 Å². The van der Waals surface area contributed by atoms with E-state index in [1.54, 1.807) is 0 Å². The van der Waals surface area contributed by atoms with Gasteiger partial charge in [0, 0.05) is 11.1 Å². The number of para-hydroxylation sites is 2. The molecule has 1 aliphatic rings. The second-order valence-corrected chi connectivity index (χ2v) is 7.05. The maximum atomic E-state index is 13.3. The Hall–Kier alpha value is -3.40. The average Bonchev–Trinajstić information content (AvgIpc) is 2.75. The number of hydrogen-bond acceptors (Lipinski definition) is 2. The number of amides is 2. The Morgan fingerprint density at radius 3 is 1.25 bits per heavy atom. The molecule has 140 valence electrons. The summed E-state index contributed by atoms with van der Waals surface area (Å²) in [6.45, 7) is 3.99. The topological polar surface area (TPSA) is 40.6 Å². The molecule has 1 heterocycles. The zero-order valence-electron chi connectivity index (χ0n) is 15.9. The minimum Gasteiger partial charge on any atom is -0.301 e. The van der Waals surface area contributed by atoms with Crippen LogP contribution in [0.25, 0.3) is 0 Å². The van der Waals surface area contributed by atoms with Crippen LogP contribution in [0, 0.1) is 0 Å². The molecule has 2 atom stereocenters. The molecule has 3 aromatic rings. The van der Waals surface area contributed by atoms with Gasteiger partial charge in [-0.3, -0.25) is 9.59 Å². The third-order valence-electron chi connectivity index (χ3n) is 5.39. The lowest BCUT2D eigenvalue weighted by atomic mass is 9.98. The van der Waals surface area contributed by atoms with Crippen LogP contribution in [-0.4, -0.2) is 23.9 Å². The fourth-order valence-electron chi connectivity index (χ4n) is 3.77. The van der Waals surface area contributed by atoms with Gasteiger partial charge in [-0.2, -0.15) is 0 Å². The molecule has 0 bridgehead atoms. The number of hydrogen-bond donors (Lipinski definition) is 0. The monoisotopic (exact) mass is 370 g/mol. The van der Waals surface area contributed by atoms with Gasteiger partial charge in [-0.15, -0.1) is 0 Å². The van der Waals surface area contributed by atoms with Crippen molar-refractivity contribution in [2.45, 2.75) is 25.9 Å². The van der Waals surface area contributed by atoms with Crippen LogP contribution in [0.2, 0.25) is 0 Å². The molecule has 4 nitrogen and oxygen atoms in total. The third kappa shape index (κ3) is 2.97. The lowest BCUT2D eigenvalue weighted by Gasteiger charge is -2.45. The van der Waals surface area contributed by atoms with Crippen molar-refractivity contribution >= 4 is 23.2 Å². The summed E-state index contributed by atoms with van der Waals surface area (Å²) in [5, 5.41) is 0. The van der Waals surface area contributed by atoms with Crippen molar-refractivity contribution in [3.05, 3.63) is 96.1 Å². The van der Waals surface area contributed by atoms with Crippen molar-refractivity contribution in [2.75, 3.05) is 9.80 Å². The summed E-state index contributed by atoms with van der Waals surface area (Å²) < 4.78 is 0. The van der Waals surface area contributed by atoms with Crippen molar-refractivity contribution in [2.24, 2.45) is 0 Å². The highest BCUT2D eigenvalue weighted by atomic mass is 16.2. The van der Waals surface area contributed by atoms with Crippen LogP contribution in [0.1, 0.15) is 34.6 Å². The maximum absolute atomic E-state index is 13.3. The van der Waals surface area contributed by atoms with E-state index >= 15 is 0 Å². The number of carbonyl (C=O) groups excluding carboxylic acids is 2. The van der Waals surface area contributed by atoms with Gasteiger partial charge < -0.3 is 9.80 Å². The molecular formula is C24H22N2O2. The number of anilines is 2. The molecule has 0 fully saturated rings. The summed E-state index contributed by atoms with van der Waals surface area (Å²) in [6.07, 6.45) is 0. The zero-order chi connectivity index (χ0) is 19.7. The predicted molar refractivity (Wildman–Crippen MR) is 112 cm³/mol. The number of rotatable bonds is 2. The van der Waals surface area contributed by atoms with E-state index in [9.17, 15) is 9.59 Å². The Morgan fingerprint density at radius 1 is 0.571 bits per heavy atom. The van der Waals surface area contributed by atoms with E-state index in [-0.39, 0.29) is 23.9 Å². The SMILES string of the molecule is C[C@H]1[C@H](C)N(C(=O)c2ccccc2)c2ccccc2N1C(=O)c1ccccc1. The number of benzene rings is 3. The van der Waals surface area contributed by atoms with E-state index < -0.39 is 0 Å². The second-order valence-electron chi connectivity index (χ2n) is 7.05. The van der Waals surface area contributed by atoms with Gasteiger partial charge in [0.25, 0.3) is 11.8 Å². The summed E-state index contributed by atoms with van der Waals surface area (Å²) in [5.41, 5.74) is 2.79. The zero-order valence-corrected chi connectivity index (χ0v) is 15.9. The molecule has 0 radical (unpaired) electrons. The van der Waals surface area contributed by atoms with Crippen LogP contribution >= 0.6 is 0 Å². The van der Waals surface area contributed by atoms with E-state index in [1.807, 2.05) is 109 Å². The van der Waals surface area contributed by atoms with Crippen LogP contribution in [0.15, 0.2) is 84.9 Å². The fraction of sp³-hybridized carbons (Fsp3) is 0.167. The van der Waals surface area contributed by atoms with E-state index in [0.717, 1.165) is 11.4 Å². The van der Waals surface area contributed by atoms with Crippen molar-refractivity contribution < 1.29 is 9.59 Å². The highest BCUT2D eigenvalue weighted by Crippen LogP contribution is 2.39. The molecule has 2 amide bonds. The molecule has 28 heavy (non-hydrogen) atoms. The molecule has 4 heteroatoms. The molecule has 0 N–H and O–H groups in total. The molecule has 0 aliphatic carbocycles. The third-order valence-corrected chi connectivity index (χ3v) is 5.39. The van der Waals surface area contributed by atoms with Gasteiger partial charge >= 0.3 is 0 Å². The molecule has 4 rings (SSSR count). The molecule has 3 aromatic carbocycles. The summed E-state index contributed by atoms with van der Waals surface area (Å²) in [5.74, 6) is -0.113. The van der Waals surface area contributed by atoms with Crippen LogP contribution in [-0.2, 0) is 0 Å². The van der Waals surface area contributed by atoms with Crippen LogP contribution in [0.4, 0.5) is 11.4 Å². The molecule has 0 aromatic heterocycles. The number of carbonyl (C=O) groups is 2. The van der Waals surface area contributed by atoms with Crippen molar-refractivity contribution in [1.82, 2.24) is 0 Å². The van der Waals surface area contributed by atoms with Gasteiger partial charge in [0.05, 0.1) is 23.5 Å². The van der Waals surface area contributed by atoms with Crippen molar-refractivity contribution in [3.8, 4) is 0 Å². The van der Waals surface area contributed by atoms with Gasteiger partial charge in [0.1, 0.15) is 0 Å². The van der Waals surface area contributed by atoms with Gasteiger partial charge in [0.15, 0.2) is 0 Å². The van der Waals surface area contributed by atoms with Crippen LogP contribution in [0.5, 0.6) is 0 Å². The normalized spacial score (nSPS) is 18.5. The van der Waals surface area contributed by atoms with E-state index in [1.165, 1.54) is 0 Å². The molecule has 0 spiro atoms. The number of fused-ring (bicyclic) bond motifs is 1. The first-order valence-electron chi connectivity index (χ1n) is 9.46. The molecule has 0 saturated carbocycles. The largest absolute Gasteiger partial charge is 0.301 e. The Bertz CT molecular complexity index is 919. The lowest BCUT2D eigenvalue weighted by Crippen LogP contribution is -2.57. The standard InChI is InChI=1S/C24H22N2O2/c1-17-18(2)26(24(28)20-13-7-4-8-14-20)22-16-10-9-15-21(22)25(17)23(27)19-11-5-3-6-12-19/h3-18H,1-2H3/t17-,18-/m0/s1. The van der Waals surface area contributed by atoms with Crippen molar-refractivity contribution in [3.63, 3.8) is 0 Å². The van der Waals surface area contributed by atoms with Gasteiger partial charge in [-0.25, -0.2) is 0 Å². The summed E-state index contributed by atoms with van der Waals surface area (Å²) >= 11 is 0. The summed E-state index contributed by atoms with van der Waals surface area (Å²) in [7, 11) is 0. The molecule has 0 saturated heterocycles. The number of nitrogens with zero attached hydrogens (tertiary/aromatic N) is 2. The van der Waals surface area contributed by atoms with Gasteiger partial charge in [-0.1, -0.05) is 48.5 Å². The summed E-state index contributed by atoms with van der Waals surface area (Å²) in [4.78, 5) is 30.2. The minimum atomic E-state index is -0.171. The predicted octanol–water partition coefficient (Wildman–Crippen LogP) is 4.77. The Morgan fingerprint density at radius 2 is 0.893 bits per heavy atom. The highest BCUT2D eigenvalue weighted by molar-refractivity contribution is 6.14. The van der Waals surface area contributed by atoms with E-state index in [2.05, 4.69) is 0 Å². The Balaban J connectivity index is 1.80. The van der Waals surface area contributed by atoms with Crippen molar-refractivity contribution in [1.29, 1.82) is 0 Å². The first kappa shape index (κ1) is 18.0. The summed E-state index contributed by atoms with van der Waals surface area (Å²) in [6, 6.07) is 25.8. The fourth-order valence-corrected chi connectivity index (χ4v) is 3.77. The Kier molecular flexibility index (Phi) is 4.70. The lowest BCUT2D eigenvalue weighted by molar-refractivity contribution is 0.0939. The average molecular weight is 370 g/mol. The quantitative estimate of drug-likeness (QED) is 0.652. The maximum Gasteiger partial charge on any atom is 0.258 e. The molecular weight excluding hydrogens is 348 g/mol. The molecule has 0 unspecified atom stereocenters.